The van der Waals surface area contributed by atoms with E-state index in [2.05, 4.69) is 87.3 Å². The van der Waals surface area contributed by atoms with Crippen molar-refractivity contribution < 1.29 is 5.11 Å². The van der Waals surface area contributed by atoms with Crippen LogP contribution in [0.4, 0.5) is 0 Å². The number of aliphatic hydroxyl groups excluding tert-OH is 1. The highest BCUT2D eigenvalue weighted by Gasteiger charge is 2.38. The summed E-state index contributed by atoms with van der Waals surface area (Å²) in [6, 6.07) is 9.69. The number of rotatable bonds is 5. The molecule has 5 rings (SSSR count). The SMILES string of the molecule is CC(C)N1C[C@@H](O)C[C@H]1c1nnc2n1CCN(Cc1cn(C(C)C)c3ccccc13)C2. The normalized spacial score (nSPS) is 22.8. The number of hydrogen-bond acceptors (Lipinski definition) is 5. The average Bonchev–Trinajstić information content (AvgIpc) is 3.43. The number of para-hydroxylation sites is 1. The molecule has 2 aliphatic heterocycles. The molecule has 166 valence electrons. The Morgan fingerprint density at radius 1 is 1.06 bits per heavy atom. The summed E-state index contributed by atoms with van der Waals surface area (Å²) in [5.74, 6) is 2.07. The van der Waals surface area contributed by atoms with Gasteiger partial charge in [0.05, 0.1) is 18.7 Å². The van der Waals surface area contributed by atoms with Gasteiger partial charge in [-0.05, 0) is 45.7 Å². The molecule has 0 amide bonds. The first-order valence-electron chi connectivity index (χ1n) is 11.6. The van der Waals surface area contributed by atoms with E-state index < -0.39 is 0 Å². The molecule has 2 aromatic heterocycles. The van der Waals surface area contributed by atoms with Crippen LogP contribution in [0.15, 0.2) is 30.5 Å². The van der Waals surface area contributed by atoms with Crippen molar-refractivity contribution in [3.63, 3.8) is 0 Å². The Balaban J connectivity index is 1.37. The van der Waals surface area contributed by atoms with Crippen LogP contribution in [0.5, 0.6) is 0 Å². The largest absolute Gasteiger partial charge is 0.392 e. The van der Waals surface area contributed by atoms with E-state index in [9.17, 15) is 5.11 Å². The number of likely N-dealkylation sites (tertiary alicyclic amines) is 1. The second-order valence-corrected chi connectivity index (χ2v) is 9.71. The molecular weight excluding hydrogens is 388 g/mol. The quantitative estimate of drug-likeness (QED) is 0.683. The van der Waals surface area contributed by atoms with Crippen LogP contribution in [0.25, 0.3) is 10.9 Å². The summed E-state index contributed by atoms with van der Waals surface area (Å²) < 4.78 is 4.67. The van der Waals surface area contributed by atoms with E-state index in [-0.39, 0.29) is 12.1 Å². The highest BCUT2D eigenvalue weighted by Crippen LogP contribution is 2.34. The number of aliphatic hydroxyl groups is 1. The lowest BCUT2D eigenvalue weighted by Crippen LogP contribution is -2.36. The van der Waals surface area contributed by atoms with Crippen LogP contribution in [0, 0.1) is 0 Å². The molecule has 0 unspecified atom stereocenters. The summed E-state index contributed by atoms with van der Waals surface area (Å²) in [6.45, 7) is 13.2. The lowest BCUT2D eigenvalue weighted by molar-refractivity contribution is 0.155. The van der Waals surface area contributed by atoms with Crippen LogP contribution >= 0.6 is 0 Å². The minimum absolute atomic E-state index is 0.159. The molecule has 7 heteroatoms. The third-order valence-electron chi connectivity index (χ3n) is 6.91. The fraction of sp³-hybridized carbons (Fsp3) is 0.583. The molecule has 3 aromatic rings. The minimum Gasteiger partial charge on any atom is -0.392 e. The molecule has 2 atom stereocenters. The van der Waals surface area contributed by atoms with Gasteiger partial charge in [0.1, 0.15) is 5.82 Å². The zero-order valence-corrected chi connectivity index (χ0v) is 19.1. The van der Waals surface area contributed by atoms with E-state index in [4.69, 9.17) is 0 Å². The van der Waals surface area contributed by atoms with Crippen molar-refractivity contribution in [2.24, 2.45) is 0 Å². The summed E-state index contributed by atoms with van der Waals surface area (Å²) in [4.78, 5) is 4.83. The van der Waals surface area contributed by atoms with Gasteiger partial charge in [-0.2, -0.15) is 0 Å². The average molecular weight is 423 g/mol. The number of hydrogen-bond donors (Lipinski definition) is 1. The fourth-order valence-corrected chi connectivity index (χ4v) is 5.35. The molecule has 7 nitrogen and oxygen atoms in total. The molecule has 0 bridgehead atoms. The van der Waals surface area contributed by atoms with E-state index in [1.54, 1.807) is 0 Å². The Labute approximate surface area is 184 Å². The number of nitrogens with zero attached hydrogens (tertiary/aromatic N) is 6. The Morgan fingerprint density at radius 2 is 1.87 bits per heavy atom. The standard InChI is InChI=1S/C24H34N6O/c1-16(2)29-13-18(20-7-5-6-8-21(20)29)12-27-9-10-28-23(15-27)25-26-24(28)22-11-19(31)14-30(22)17(3)4/h5-8,13,16-17,19,22,31H,9-12,14-15H2,1-4H3/t19-,22-/m0/s1. The van der Waals surface area contributed by atoms with Crippen molar-refractivity contribution in [1.29, 1.82) is 0 Å². The third-order valence-corrected chi connectivity index (χ3v) is 6.91. The molecular formula is C24H34N6O. The second-order valence-electron chi connectivity index (χ2n) is 9.71. The summed E-state index contributed by atoms with van der Waals surface area (Å²) in [5.41, 5.74) is 2.69. The summed E-state index contributed by atoms with van der Waals surface area (Å²) in [5, 5.41) is 20.8. The van der Waals surface area contributed by atoms with Gasteiger partial charge in [0, 0.05) is 55.4 Å². The molecule has 0 aliphatic carbocycles. The van der Waals surface area contributed by atoms with Gasteiger partial charge in [0.2, 0.25) is 0 Å². The predicted molar refractivity (Wildman–Crippen MR) is 122 cm³/mol. The van der Waals surface area contributed by atoms with Crippen molar-refractivity contribution in [2.75, 3.05) is 13.1 Å². The maximum atomic E-state index is 10.2. The Morgan fingerprint density at radius 3 is 2.65 bits per heavy atom. The van der Waals surface area contributed by atoms with Gasteiger partial charge in [-0.25, -0.2) is 0 Å². The number of β-amino-alcohol motifs (C(OH)–C–C–N with tert-alkyl or cyclic N) is 1. The fourth-order valence-electron chi connectivity index (χ4n) is 5.35. The van der Waals surface area contributed by atoms with Gasteiger partial charge in [-0.3, -0.25) is 9.80 Å². The van der Waals surface area contributed by atoms with Crippen LogP contribution < -0.4 is 0 Å². The topological polar surface area (TPSA) is 62.4 Å². The van der Waals surface area contributed by atoms with E-state index in [1.807, 2.05) is 0 Å². The number of aromatic nitrogens is 4. The lowest BCUT2D eigenvalue weighted by atomic mass is 10.1. The maximum Gasteiger partial charge on any atom is 0.150 e. The van der Waals surface area contributed by atoms with Crippen LogP contribution in [-0.2, 0) is 19.6 Å². The van der Waals surface area contributed by atoms with Gasteiger partial charge < -0.3 is 14.2 Å². The van der Waals surface area contributed by atoms with Crippen molar-refractivity contribution in [3.05, 3.63) is 47.7 Å². The third kappa shape index (κ3) is 3.69. The Bertz CT molecular complexity index is 1070. The monoisotopic (exact) mass is 422 g/mol. The van der Waals surface area contributed by atoms with Crippen molar-refractivity contribution >= 4 is 10.9 Å². The van der Waals surface area contributed by atoms with Crippen molar-refractivity contribution in [2.45, 2.75) is 78.0 Å². The van der Waals surface area contributed by atoms with E-state index >= 15 is 0 Å². The number of fused-ring (bicyclic) bond motifs is 2. The van der Waals surface area contributed by atoms with Crippen LogP contribution in [-0.4, -0.2) is 59.5 Å². The second kappa shape index (κ2) is 8.04. The molecule has 1 aromatic carbocycles. The van der Waals surface area contributed by atoms with E-state index in [1.165, 1.54) is 16.5 Å². The molecule has 0 saturated carbocycles. The first-order chi connectivity index (χ1) is 14.9. The first-order valence-corrected chi connectivity index (χ1v) is 11.6. The highest BCUT2D eigenvalue weighted by atomic mass is 16.3. The summed E-state index contributed by atoms with van der Waals surface area (Å²) >= 11 is 0. The molecule has 4 heterocycles. The van der Waals surface area contributed by atoms with Crippen LogP contribution in [0.2, 0.25) is 0 Å². The molecule has 2 aliphatic rings. The molecule has 0 radical (unpaired) electrons. The van der Waals surface area contributed by atoms with Crippen molar-refractivity contribution in [1.82, 2.24) is 29.1 Å². The maximum absolute atomic E-state index is 10.2. The van der Waals surface area contributed by atoms with Gasteiger partial charge >= 0.3 is 0 Å². The van der Waals surface area contributed by atoms with E-state index in [0.29, 0.717) is 12.1 Å². The van der Waals surface area contributed by atoms with Gasteiger partial charge in [0.25, 0.3) is 0 Å². The Hall–Kier alpha value is -2.22. The van der Waals surface area contributed by atoms with Crippen LogP contribution in [0.1, 0.15) is 63.4 Å². The zero-order valence-electron chi connectivity index (χ0n) is 19.1. The molecule has 31 heavy (non-hydrogen) atoms. The highest BCUT2D eigenvalue weighted by molar-refractivity contribution is 5.84. The smallest absolute Gasteiger partial charge is 0.150 e. The molecule has 1 fully saturated rings. The molecule has 0 spiro atoms. The van der Waals surface area contributed by atoms with Crippen LogP contribution in [0.3, 0.4) is 0 Å². The summed E-state index contributed by atoms with van der Waals surface area (Å²) in [6.07, 6.45) is 2.79. The van der Waals surface area contributed by atoms with Gasteiger partial charge in [-0.1, -0.05) is 18.2 Å². The zero-order chi connectivity index (χ0) is 21.7. The molecule has 1 N–H and O–H groups in total. The Kier molecular flexibility index (Phi) is 5.36. The molecule has 1 saturated heterocycles. The minimum atomic E-state index is -0.279. The van der Waals surface area contributed by atoms with E-state index in [0.717, 1.165) is 50.8 Å². The van der Waals surface area contributed by atoms with Crippen molar-refractivity contribution in [3.8, 4) is 0 Å². The predicted octanol–water partition coefficient (Wildman–Crippen LogP) is 3.35. The lowest BCUT2D eigenvalue weighted by Gasteiger charge is -2.31. The first kappa shape index (κ1) is 20.7. The van der Waals surface area contributed by atoms with Gasteiger partial charge in [-0.15, -0.1) is 10.2 Å². The summed E-state index contributed by atoms with van der Waals surface area (Å²) in [7, 11) is 0. The number of benzene rings is 1. The van der Waals surface area contributed by atoms with Gasteiger partial charge in [0.15, 0.2) is 5.82 Å².